The van der Waals surface area contributed by atoms with E-state index >= 15 is 0 Å². The Labute approximate surface area is 182 Å². The van der Waals surface area contributed by atoms with Crippen molar-refractivity contribution < 1.29 is 19.0 Å². The number of rotatable bonds is 4. The molecule has 1 N–H and O–H groups in total. The predicted molar refractivity (Wildman–Crippen MR) is 118 cm³/mol. The second-order valence-electron chi connectivity index (χ2n) is 8.24. The van der Waals surface area contributed by atoms with E-state index in [-0.39, 0.29) is 17.9 Å². The van der Waals surface area contributed by atoms with Crippen molar-refractivity contribution in [3.63, 3.8) is 0 Å². The van der Waals surface area contributed by atoms with E-state index in [0.29, 0.717) is 13.2 Å². The molecule has 3 aromatic carbocycles. The van der Waals surface area contributed by atoms with Crippen LogP contribution in [-0.2, 0) is 4.79 Å². The third-order valence-electron chi connectivity index (χ3n) is 5.83. The normalized spacial score (nSPS) is 15.5. The van der Waals surface area contributed by atoms with E-state index in [1.807, 2.05) is 66.7 Å². The first-order valence-electron chi connectivity index (χ1n) is 10.7. The van der Waals surface area contributed by atoms with Crippen LogP contribution in [-0.4, -0.2) is 19.1 Å². The van der Waals surface area contributed by atoms with E-state index in [0.717, 1.165) is 39.7 Å². The van der Waals surface area contributed by atoms with Gasteiger partial charge in [-0.15, -0.1) is 0 Å². The highest BCUT2D eigenvalue weighted by Crippen LogP contribution is 2.44. The minimum absolute atomic E-state index is 0.0446. The monoisotopic (exact) mass is 415 g/mol. The molecule has 1 atom stereocenters. The van der Waals surface area contributed by atoms with Gasteiger partial charge in [-0.1, -0.05) is 56.3 Å². The molecular weight excluding hydrogens is 390 g/mol. The van der Waals surface area contributed by atoms with Gasteiger partial charge in [0.1, 0.15) is 24.7 Å². The van der Waals surface area contributed by atoms with E-state index < -0.39 is 5.92 Å². The van der Waals surface area contributed by atoms with Gasteiger partial charge in [0.2, 0.25) is 5.91 Å². The highest BCUT2D eigenvalue weighted by Gasteiger charge is 2.34. The first-order valence-corrected chi connectivity index (χ1v) is 10.7. The van der Waals surface area contributed by atoms with Gasteiger partial charge in [-0.2, -0.15) is 0 Å². The molecule has 5 heteroatoms. The second-order valence-corrected chi connectivity index (χ2v) is 8.24. The van der Waals surface area contributed by atoms with Crippen molar-refractivity contribution in [3.8, 4) is 23.0 Å². The summed E-state index contributed by atoms with van der Waals surface area (Å²) >= 11 is 0. The molecule has 0 fully saturated rings. The number of para-hydroxylation sites is 2. The van der Waals surface area contributed by atoms with Gasteiger partial charge in [0.05, 0.1) is 12.0 Å². The van der Waals surface area contributed by atoms with Gasteiger partial charge in [-0.05, 0) is 35.7 Å². The van der Waals surface area contributed by atoms with Crippen LogP contribution < -0.4 is 19.5 Å². The van der Waals surface area contributed by atoms with Crippen LogP contribution in [0.4, 0.5) is 0 Å². The Bertz CT molecular complexity index is 1080. The zero-order valence-electron chi connectivity index (χ0n) is 17.6. The first-order chi connectivity index (χ1) is 15.1. The SMILES string of the molecule is CC(C)[C@@H](NC(=O)C1c2ccccc2Oc2ccccc21)c1ccc2c(c1)OCCO2. The highest BCUT2D eigenvalue weighted by molar-refractivity contribution is 5.90. The predicted octanol–water partition coefficient (Wildman–Crippen LogP) is 5.21. The molecule has 0 radical (unpaired) electrons. The summed E-state index contributed by atoms with van der Waals surface area (Å²) in [6.45, 7) is 5.30. The number of carbonyl (C=O) groups is 1. The van der Waals surface area contributed by atoms with E-state index in [1.54, 1.807) is 0 Å². The Balaban J connectivity index is 1.49. The average Bonchev–Trinajstić information content (AvgIpc) is 2.80. The van der Waals surface area contributed by atoms with Gasteiger partial charge >= 0.3 is 0 Å². The first kappa shape index (κ1) is 19.5. The van der Waals surface area contributed by atoms with Crippen molar-refractivity contribution in [3.05, 3.63) is 83.4 Å². The summed E-state index contributed by atoms with van der Waals surface area (Å²) in [6, 6.07) is 21.2. The molecule has 31 heavy (non-hydrogen) atoms. The molecular formula is C26H25NO4. The fourth-order valence-corrected chi connectivity index (χ4v) is 4.32. The molecule has 2 heterocycles. The van der Waals surface area contributed by atoms with Gasteiger partial charge in [0.15, 0.2) is 11.5 Å². The van der Waals surface area contributed by atoms with Crippen LogP contribution in [0.2, 0.25) is 0 Å². The van der Waals surface area contributed by atoms with Crippen LogP contribution in [0.25, 0.3) is 0 Å². The van der Waals surface area contributed by atoms with E-state index in [2.05, 4.69) is 19.2 Å². The maximum absolute atomic E-state index is 13.7. The lowest BCUT2D eigenvalue weighted by atomic mass is 9.86. The van der Waals surface area contributed by atoms with Crippen LogP contribution in [0.15, 0.2) is 66.7 Å². The lowest BCUT2D eigenvalue weighted by Gasteiger charge is -2.31. The van der Waals surface area contributed by atoms with Crippen molar-refractivity contribution in [2.24, 2.45) is 5.92 Å². The van der Waals surface area contributed by atoms with Crippen LogP contribution >= 0.6 is 0 Å². The van der Waals surface area contributed by atoms with E-state index in [1.165, 1.54) is 0 Å². The molecule has 0 aliphatic carbocycles. The average molecular weight is 415 g/mol. The summed E-state index contributed by atoms with van der Waals surface area (Å²) in [7, 11) is 0. The molecule has 0 saturated heterocycles. The quantitative estimate of drug-likeness (QED) is 0.636. The maximum Gasteiger partial charge on any atom is 0.232 e. The summed E-state index contributed by atoms with van der Waals surface area (Å²) in [5.41, 5.74) is 2.76. The summed E-state index contributed by atoms with van der Waals surface area (Å²) in [5, 5.41) is 3.30. The van der Waals surface area contributed by atoms with Crippen molar-refractivity contribution in [2.45, 2.75) is 25.8 Å². The Morgan fingerprint density at radius 3 is 2.10 bits per heavy atom. The molecule has 0 bridgehead atoms. The molecule has 5 nitrogen and oxygen atoms in total. The Hall–Kier alpha value is -3.47. The molecule has 3 aromatic rings. The fraction of sp³-hybridized carbons (Fsp3) is 0.269. The summed E-state index contributed by atoms with van der Waals surface area (Å²) in [6.07, 6.45) is 0. The Morgan fingerprint density at radius 1 is 0.839 bits per heavy atom. The number of carbonyl (C=O) groups excluding carboxylic acids is 1. The standard InChI is InChI=1S/C26H25NO4/c1-16(2)25(17-11-12-22-23(15-17)30-14-13-29-22)27-26(28)24-18-7-3-5-9-20(18)31-21-10-6-4-8-19(21)24/h3-12,15-16,24-25H,13-14H2,1-2H3,(H,27,28)/t25-/m1/s1. The molecule has 1 amide bonds. The Kier molecular flexibility index (Phi) is 5.02. The zero-order chi connectivity index (χ0) is 21.4. The number of hydrogen-bond acceptors (Lipinski definition) is 4. The molecule has 2 aliphatic rings. The van der Waals surface area contributed by atoms with Gasteiger partial charge in [-0.25, -0.2) is 0 Å². The maximum atomic E-state index is 13.7. The van der Waals surface area contributed by atoms with Gasteiger partial charge in [0.25, 0.3) is 0 Å². The molecule has 0 saturated carbocycles. The van der Waals surface area contributed by atoms with Gasteiger partial charge in [-0.3, -0.25) is 4.79 Å². The third-order valence-corrected chi connectivity index (χ3v) is 5.83. The summed E-state index contributed by atoms with van der Waals surface area (Å²) in [4.78, 5) is 13.7. The van der Waals surface area contributed by atoms with Crippen LogP contribution in [0.1, 0.15) is 42.5 Å². The number of amides is 1. The second kappa shape index (κ2) is 7.99. The smallest absolute Gasteiger partial charge is 0.232 e. The zero-order valence-corrected chi connectivity index (χ0v) is 17.6. The topological polar surface area (TPSA) is 56.8 Å². The van der Waals surface area contributed by atoms with Crippen LogP contribution in [0.3, 0.4) is 0 Å². The van der Waals surface area contributed by atoms with Crippen LogP contribution in [0.5, 0.6) is 23.0 Å². The highest BCUT2D eigenvalue weighted by atomic mass is 16.6. The number of fused-ring (bicyclic) bond motifs is 3. The van der Waals surface area contributed by atoms with Crippen molar-refractivity contribution in [1.29, 1.82) is 0 Å². The fourth-order valence-electron chi connectivity index (χ4n) is 4.32. The molecule has 0 unspecified atom stereocenters. The molecule has 2 aliphatic heterocycles. The van der Waals surface area contributed by atoms with E-state index in [9.17, 15) is 4.79 Å². The lowest BCUT2D eigenvalue weighted by Crippen LogP contribution is -2.36. The largest absolute Gasteiger partial charge is 0.486 e. The van der Waals surface area contributed by atoms with Gasteiger partial charge in [0, 0.05) is 11.1 Å². The molecule has 0 aromatic heterocycles. The minimum atomic E-state index is -0.431. The van der Waals surface area contributed by atoms with Crippen molar-refractivity contribution in [1.82, 2.24) is 5.32 Å². The molecule has 0 spiro atoms. The van der Waals surface area contributed by atoms with Crippen molar-refractivity contribution in [2.75, 3.05) is 13.2 Å². The number of ether oxygens (including phenoxy) is 3. The van der Waals surface area contributed by atoms with Crippen LogP contribution in [0, 0.1) is 5.92 Å². The lowest BCUT2D eigenvalue weighted by molar-refractivity contribution is -0.122. The number of hydrogen-bond donors (Lipinski definition) is 1. The third kappa shape index (κ3) is 3.61. The summed E-state index contributed by atoms with van der Waals surface area (Å²) in [5.74, 6) is 2.64. The van der Waals surface area contributed by atoms with Crippen molar-refractivity contribution >= 4 is 5.91 Å². The summed E-state index contributed by atoms with van der Waals surface area (Å²) < 4.78 is 17.4. The Morgan fingerprint density at radius 2 is 1.45 bits per heavy atom. The number of benzene rings is 3. The minimum Gasteiger partial charge on any atom is -0.486 e. The molecule has 5 rings (SSSR count). The number of nitrogens with one attached hydrogen (secondary N) is 1. The van der Waals surface area contributed by atoms with Gasteiger partial charge < -0.3 is 19.5 Å². The molecule has 158 valence electrons. The van der Waals surface area contributed by atoms with E-state index in [4.69, 9.17) is 14.2 Å².